The average molecular weight is 351 g/mol. The van der Waals surface area contributed by atoms with Crippen LogP contribution in [0.3, 0.4) is 0 Å². The van der Waals surface area contributed by atoms with Crippen LogP contribution in [0.2, 0.25) is 0 Å². The van der Waals surface area contributed by atoms with Gasteiger partial charge in [-0.05, 0) is 12.5 Å². The fourth-order valence-electron chi connectivity index (χ4n) is 3.44. The van der Waals surface area contributed by atoms with Crippen molar-refractivity contribution in [3.63, 3.8) is 0 Å². The first-order valence-corrected chi connectivity index (χ1v) is 9.17. The minimum Gasteiger partial charge on any atom is -0.361 e. The molecule has 0 N–H and O–H groups in total. The predicted molar refractivity (Wildman–Crippen MR) is 99.6 cm³/mol. The first kappa shape index (κ1) is 17.0. The van der Waals surface area contributed by atoms with Crippen LogP contribution < -0.4 is 0 Å². The topological polar surface area (TPSA) is 50.3 Å². The van der Waals surface area contributed by atoms with E-state index in [9.17, 15) is 0 Å². The summed E-state index contributed by atoms with van der Waals surface area (Å²) in [5, 5.41) is 4.10. The summed E-state index contributed by atoms with van der Waals surface area (Å²) in [5.41, 5.74) is 2.33. The van der Waals surface area contributed by atoms with Gasteiger partial charge in [-0.3, -0.25) is 9.80 Å². The highest BCUT2D eigenvalue weighted by atomic mass is 16.5. The van der Waals surface area contributed by atoms with Crippen LogP contribution in [0.1, 0.15) is 22.8 Å². The Bertz CT molecular complexity index is 818. The molecule has 3 heterocycles. The maximum atomic E-state index is 5.16. The number of nitrogens with zero attached hydrogens (tertiary/aromatic N) is 5. The van der Waals surface area contributed by atoms with Crippen molar-refractivity contribution in [1.82, 2.24) is 24.5 Å². The fourth-order valence-corrected chi connectivity index (χ4v) is 3.44. The number of piperazine rings is 1. The van der Waals surface area contributed by atoms with Crippen LogP contribution >= 0.6 is 0 Å². The van der Waals surface area contributed by atoms with Gasteiger partial charge in [0, 0.05) is 57.7 Å². The normalized spacial score (nSPS) is 16.2. The molecule has 3 aromatic rings. The number of rotatable bonds is 6. The van der Waals surface area contributed by atoms with Gasteiger partial charge >= 0.3 is 0 Å². The van der Waals surface area contributed by atoms with Crippen molar-refractivity contribution in [3.05, 3.63) is 71.6 Å². The average Bonchev–Trinajstić information content (AvgIpc) is 3.26. The summed E-state index contributed by atoms with van der Waals surface area (Å²) in [6.45, 7) is 8.78. The molecule has 136 valence electrons. The Balaban J connectivity index is 1.30. The summed E-state index contributed by atoms with van der Waals surface area (Å²) in [7, 11) is 0. The molecule has 0 saturated carbocycles. The van der Waals surface area contributed by atoms with Gasteiger partial charge in [-0.15, -0.1) is 0 Å². The van der Waals surface area contributed by atoms with Gasteiger partial charge in [0.2, 0.25) is 0 Å². The highest BCUT2D eigenvalue weighted by molar-refractivity contribution is 5.15. The molecule has 26 heavy (non-hydrogen) atoms. The fraction of sp³-hybridized carbons (Fsp3) is 0.400. The second-order valence-corrected chi connectivity index (χ2v) is 6.94. The quantitative estimate of drug-likeness (QED) is 0.683. The molecule has 0 spiro atoms. The van der Waals surface area contributed by atoms with Crippen molar-refractivity contribution < 1.29 is 4.52 Å². The number of imidazole rings is 1. The lowest BCUT2D eigenvalue weighted by Crippen LogP contribution is -2.45. The zero-order valence-corrected chi connectivity index (χ0v) is 15.2. The number of aromatic nitrogens is 3. The van der Waals surface area contributed by atoms with Gasteiger partial charge in [-0.2, -0.15) is 0 Å². The second-order valence-electron chi connectivity index (χ2n) is 6.94. The molecule has 0 radical (unpaired) electrons. The number of hydrogen-bond acceptors (Lipinski definition) is 5. The lowest BCUT2D eigenvalue weighted by atomic mass is 10.2. The third-order valence-electron chi connectivity index (χ3n) is 4.89. The van der Waals surface area contributed by atoms with Gasteiger partial charge in [0.1, 0.15) is 11.6 Å². The van der Waals surface area contributed by atoms with E-state index in [1.54, 1.807) is 0 Å². The van der Waals surface area contributed by atoms with Gasteiger partial charge < -0.3 is 9.09 Å². The molecule has 1 aromatic carbocycles. The Morgan fingerprint density at radius 1 is 0.962 bits per heavy atom. The maximum Gasteiger partial charge on any atom is 0.133 e. The van der Waals surface area contributed by atoms with Crippen LogP contribution in [0.5, 0.6) is 0 Å². The summed E-state index contributed by atoms with van der Waals surface area (Å²) in [4.78, 5) is 9.50. The van der Waals surface area contributed by atoms with Crippen LogP contribution in [0.4, 0.5) is 0 Å². The molecule has 1 saturated heterocycles. The van der Waals surface area contributed by atoms with E-state index in [2.05, 4.69) is 61.0 Å². The van der Waals surface area contributed by atoms with Crippen molar-refractivity contribution in [3.8, 4) is 0 Å². The van der Waals surface area contributed by atoms with Crippen LogP contribution in [0.15, 0.2) is 53.3 Å². The molecular weight excluding hydrogens is 326 g/mol. The maximum absolute atomic E-state index is 5.16. The van der Waals surface area contributed by atoms with Crippen molar-refractivity contribution in [2.45, 2.75) is 26.6 Å². The summed E-state index contributed by atoms with van der Waals surface area (Å²) in [6.07, 6.45) is 3.98. The lowest BCUT2D eigenvalue weighted by Gasteiger charge is -2.34. The molecule has 0 aliphatic carbocycles. The third-order valence-corrected chi connectivity index (χ3v) is 4.89. The molecule has 0 unspecified atom stereocenters. The highest BCUT2D eigenvalue weighted by Crippen LogP contribution is 2.12. The highest BCUT2D eigenvalue weighted by Gasteiger charge is 2.19. The molecule has 1 aliphatic rings. The van der Waals surface area contributed by atoms with Gasteiger partial charge in [0.05, 0.1) is 12.2 Å². The number of aryl methyl sites for hydroxylation is 1. The van der Waals surface area contributed by atoms with E-state index in [1.165, 1.54) is 5.56 Å². The smallest absolute Gasteiger partial charge is 0.133 e. The summed E-state index contributed by atoms with van der Waals surface area (Å²) in [5.74, 6) is 2.01. The van der Waals surface area contributed by atoms with E-state index in [1.807, 2.05) is 19.2 Å². The summed E-state index contributed by atoms with van der Waals surface area (Å²) >= 11 is 0. The van der Waals surface area contributed by atoms with E-state index < -0.39 is 0 Å². The minimum atomic E-state index is 0.869. The lowest BCUT2D eigenvalue weighted by molar-refractivity contribution is 0.117. The standard InChI is InChI=1S/C20H25N5O/c1-17-13-19(22-26-17)15-23-9-11-24(12-10-23)16-20-21-7-8-25(20)14-18-5-3-2-4-6-18/h2-8,13H,9-12,14-16H2,1H3. The second kappa shape index (κ2) is 7.85. The predicted octanol–water partition coefficient (Wildman–Crippen LogP) is 2.55. The Hall–Kier alpha value is -2.44. The van der Waals surface area contributed by atoms with Crippen molar-refractivity contribution in [1.29, 1.82) is 0 Å². The van der Waals surface area contributed by atoms with Gasteiger partial charge in [0.25, 0.3) is 0 Å². The molecule has 1 fully saturated rings. The summed E-state index contributed by atoms with van der Waals surface area (Å²) in [6, 6.07) is 12.6. The van der Waals surface area contributed by atoms with Crippen LogP contribution in [0.25, 0.3) is 0 Å². The third kappa shape index (κ3) is 4.20. The van der Waals surface area contributed by atoms with Crippen LogP contribution in [-0.2, 0) is 19.6 Å². The first-order chi connectivity index (χ1) is 12.8. The Kier molecular flexibility index (Phi) is 5.13. The molecule has 4 rings (SSSR count). The number of hydrogen-bond donors (Lipinski definition) is 0. The van der Waals surface area contributed by atoms with Crippen molar-refractivity contribution >= 4 is 0 Å². The van der Waals surface area contributed by atoms with E-state index in [4.69, 9.17) is 4.52 Å². The molecule has 6 heteroatoms. The molecule has 2 aromatic heterocycles. The van der Waals surface area contributed by atoms with Gasteiger partial charge in [-0.1, -0.05) is 35.5 Å². The van der Waals surface area contributed by atoms with E-state index in [0.717, 1.165) is 63.1 Å². The monoisotopic (exact) mass is 351 g/mol. The molecular formula is C20H25N5O. The van der Waals surface area contributed by atoms with Crippen LogP contribution in [-0.4, -0.2) is 50.7 Å². The molecule has 1 aliphatic heterocycles. The largest absolute Gasteiger partial charge is 0.361 e. The SMILES string of the molecule is Cc1cc(CN2CCN(Cc3nccn3Cc3ccccc3)CC2)no1. The Morgan fingerprint density at radius 2 is 1.69 bits per heavy atom. The van der Waals surface area contributed by atoms with Gasteiger partial charge in [0.15, 0.2) is 0 Å². The zero-order valence-electron chi connectivity index (χ0n) is 15.2. The molecule has 0 atom stereocenters. The number of benzene rings is 1. The van der Waals surface area contributed by atoms with E-state index in [0.29, 0.717) is 0 Å². The van der Waals surface area contributed by atoms with Crippen molar-refractivity contribution in [2.75, 3.05) is 26.2 Å². The van der Waals surface area contributed by atoms with Gasteiger partial charge in [-0.25, -0.2) is 4.98 Å². The molecule has 6 nitrogen and oxygen atoms in total. The molecule has 0 amide bonds. The zero-order chi connectivity index (χ0) is 17.8. The Labute approximate surface area is 154 Å². The van der Waals surface area contributed by atoms with E-state index >= 15 is 0 Å². The summed E-state index contributed by atoms with van der Waals surface area (Å²) < 4.78 is 7.41. The minimum absolute atomic E-state index is 0.869. The Morgan fingerprint density at radius 3 is 2.38 bits per heavy atom. The van der Waals surface area contributed by atoms with Crippen molar-refractivity contribution in [2.24, 2.45) is 0 Å². The molecule has 0 bridgehead atoms. The first-order valence-electron chi connectivity index (χ1n) is 9.17. The van der Waals surface area contributed by atoms with E-state index in [-0.39, 0.29) is 0 Å². The van der Waals surface area contributed by atoms with Crippen LogP contribution in [0, 0.1) is 6.92 Å².